The Kier molecular flexibility index (Phi) is 5.06. The van der Waals surface area contributed by atoms with Crippen molar-refractivity contribution in [2.45, 2.75) is 0 Å². The highest BCUT2D eigenvalue weighted by molar-refractivity contribution is 9.42. The van der Waals surface area contributed by atoms with E-state index in [-0.39, 0.29) is 0 Å². The molecule has 0 saturated heterocycles. The minimum Gasteiger partial charge on any atom is -0.309 e. The van der Waals surface area contributed by atoms with Crippen LogP contribution in [0.25, 0.3) is 0 Å². The van der Waals surface area contributed by atoms with Gasteiger partial charge in [-0.2, -0.15) is 0 Å². The van der Waals surface area contributed by atoms with Gasteiger partial charge in [0.2, 0.25) is 0 Å². The molecule has 0 aliphatic rings. The first-order valence-corrected chi connectivity index (χ1v) is 7.43. The lowest BCUT2D eigenvalue weighted by atomic mass is 10.9. The van der Waals surface area contributed by atoms with Gasteiger partial charge in [0.25, 0.3) is 0 Å². The number of alkyl halides is 1. The van der Waals surface area contributed by atoms with Crippen LogP contribution in [0.15, 0.2) is 0 Å². The lowest BCUT2D eigenvalue weighted by Crippen LogP contribution is -1.84. The molecule has 1 atom stereocenters. The molecule has 0 aromatic heterocycles. The minimum absolute atomic E-state index is 0.353. The zero-order valence-electron chi connectivity index (χ0n) is 3.81. The summed E-state index contributed by atoms with van der Waals surface area (Å²) in [5.41, 5.74) is -2.93. The van der Waals surface area contributed by atoms with Crippen LogP contribution in [-0.4, -0.2) is 11.9 Å². The van der Waals surface area contributed by atoms with E-state index < -0.39 is 5.42 Å². The summed E-state index contributed by atoms with van der Waals surface area (Å²) in [6, 6.07) is 0. The largest absolute Gasteiger partial charge is 0.353 e. The van der Waals surface area contributed by atoms with E-state index in [1.165, 1.54) is 0 Å². The van der Waals surface area contributed by atoms with Gasteiger partial charge in [0.15, 0.2) is 0 Å². The predicted molar refractivity (Wildman–Crippen MR) is 42.1 cm³/mol. The summed E-state index contributed by atoms with van der Waals surface area (Å²) in [5, 5.41) is 0.634. The third-order valence-electron chi connectivity index (χ3n) is 0.319. The van der Waals surface area contributed by atoms with Crippen molar-refractivity contribution in [3.8, 4) is 0 Å². The van der Waals surface area contributed by atoms with E-state index in [9.17, 15) is 4.57 Å². The summed E-state index contributed by atoms with van der Waals surface area (Å²) in [5.74, 6) is 0. The lowest BCUT2D eigenvalue weighted by Gasteiger charge is -1.99. The zero-order valence-corrected chi connectivity index (χ0v) is 8.63. The van der Waals surface area contributed by atoms with Crippen LogP contribution in [0.5, 0.6) is 0 Å². The predicted octanol–water partition coefficient (Wildman–Crippen LogP) is 3.14. The molecule has 0 heterocycles. The lowest BCUT2D eigenvalue weighted by molar-refractivity contribution is 0.362. The van der Waals surface area contributed by atoms with Crippen LogP contribution >= 0.6 is 48.1 Å². The summed E-state index contributed by atoms with van der Waals surface area (Å²) in [4.78, 5) is 0. The number of halogens is 3. The van der Waals surface area contributed by atoms with Gasteiger partial charge in [-0.25, -0.2) is 0 Å². The highest BCUT2D eigenvalue weighted by atomic mass is 79.9. The van der Waals surface area contributed by atoms with Crippen LogP contribution in [0.2, 0.25) is 0 Å². The van der Waals surface area contributed by atoms with Crippen LogP contribution in [0, 0.1) is 0 Å². The second kappa shape index (κ2) is 4.29. The highest BCUT2D eigenvalue weighted by Gasteiger charge is 2.11. The van der Waals surface area contributed by atoms with Crippen LogP contribution in [0.1, 0.15) is 0 Å². The Hall–Kier alpha value is 1.44. The quantitative estimate of drug-likeness (QED) is 0.588. The third-order valence-corrected chi connectivity index (χ3v) is 2.03. The Morgan fingerprint density at radius 1 is 1.75 bits per heavy atom. The molecule has 6 heteroatoms. The van der Waals surface area contributed by atoms with Gasteiger partial charge in [-0.15, -0.1) is 0 Å². The molecule has 0 fully saturated rings. The summed E-state index contributed by atoms with van der Waals surface area (Å²) in [6.45, 7) is 0.353. The molecule has 2 nitrogen and oxygen atoms in total. The van der Waals surface area contributed by atoms with E-state index in [1.807, 2.05) is 0 Å². The molecule has 0 spiro atoms. The van der Waals surface area contributed by atoms with Crippen molar-refractivity contribution in [3.05, 3.63) is 0 Å². The summed E-state index contributed by atoms with van der Waals surface area (Å²) >= 11 is 10.9. The first-order valence-electron chi connectivity index (χ1n) is 1.76. The van der Waals surface area contributed by atoms with Crippen molar-refractivity contribution in [1.29, 1.82) is 0 Å². The Labute approximate surface area is 69.0 Å². The average Bonchev–Trinajstić information content (AvgIpc) is 1.59. The average molecular weight is 286 g/mol. The Bertz CT molecular complexity index is 102. The van der Waals surface area contributed by atoms with Gasteiger partial charge in [0, 0.05) is 20.8 Å². The topological polar surface area (TPSA) is 26.3 Å². The summed E-state index contributed by atoms with van der Waals surface area (Å²) in [7, 11) is 0. The van der Waals surface area contributed by atoms with E-state index in [1.54, 1.807) is 0 Å². The molecule has 0 saturated carbocycles. The minimum atomic E-state index is -2.93. The van der Waals surface area contributed by atoms with Crippen molar-refractivity contribution in [2.75, 3.05) is 11.9 Å². The van der Waals surface area contributed by atoms with Gasteiger partial charge in [-0.05, 0) is 11.2 Å². The van der Waals surface area contributed by atoms with Crippen LogP contribution < -0.4 is 0 Å². The van der Waals surface area contributed by atoms with Crippen molar-refractivity contribution < 1.29 is 9.09 Å². The molecule has 1 unspecified atom stereocenters. The molecule has 0 aromatic rings. The van der Waals surface area contributed by atoms with Crippen LogP contribution in [0.3, 0.4) is 0 Å². The Morgan fingerprint density at radius 3 is 2.38 bits per heavy atom. The second-order valence-electron chi connectivity index (χ2n) is 0.937. The van der Waals surface area contributed by atoms with Crippen molar-refractivity contribution >= 4 is 48.1 Å². The fourth-order valence-corrected chi connectivity index (χ4v) is 1.50. The second-order valence-corrected chi connectivity index (χ2v) is 8.18. The third kappa shape index (κ3) is 7.44. The molecule has 0 rings (SSSR count). The molecule has 0 amide bonds. The van der Waals surface area contributed by atoms with E-state index in [4.69, 9.17) is 11.2 Å². The number of hydrogen-bond donors (Lipinski definition) is 0. The van der Waals surface area contributed by atoms with Gasteiger partial charge in [-0.1, -0.05) is 15.9 Å². The molecule has 0 bridgehead atoms. The molecule has 0 N–H and O–H groups in total. The van der Waals surface area contributed by atoms with Gasteiger partial charge in [-0.3, -0.25) is 4.57 Å². The maximum absolute atomic E-state index is 10.4. The molecule has 8 heavy (non-hydrogen) atoms. The van der Waals surface area contributed by atoms with Gasteiger partial charge in [0.05, 0.1) is 6.61 Å². The van der Waals surface area contributed by atoms with Crippen LogP contribution in [0.4, 0.5) is 0 Å². The number of rotatable bonds is 3. The molecule has 50 valence electrons. The first-order chi connectivity index (χ1) is 3.56. The monoisotopic (exact) mass is 284 g/mol. The Balaban J connectivity index is 3.26. The van der Waals surface area contributed by atoms with E-state index in [2.05, 4.69) is 35.9 Å². The summed E-state index contributed by atoms with van der Waals surface area (Å²) in [6.07, 6.45) is 0. The molecular weight excluding hydrogens is 282 g/mol. The fraction of sp³-hybridized carbons (Fsp3) is 1.00. The first kappa shape index (κ1) is 9.44. The van der Waals surface area contributed by atoms with Gasteiger partial charge >= 0.3 is 5.42 Å². The fourth-order valence-electron chi connectivity index (χ4n) is 0.141. The van der Waals surface area contributed by atoms with Gasteiger partial charge < -0.3 is 4.52 Å². The zero-order chi connectivity index (χ0) is 6.62. The van der Waals surface area contributed by atoms with E-state index >= 15 is 0 Å². The number of hydrogen-bond acceptors (Lipinski definition) is 2. The molecule has 0 radical (unpaired) electrons. The Morgan fingerprint density at radius 2 is 2.25 bits per heavy atom. The SMILES string of the molecule is O=P(Cl)(Br)OCCBr. The molecule has 0 aliphatic carbocycles. The standard InChI is InChI=1S/C2H4Br2ClO2P/c3-1-2-7-8(4,5)6/h1-2H2. The smallest absolute Gasteiger partial charge is 0.309 e. The molecular formula is C2H4Br2ClO2P. The molecule has 0 aromatic carbocycles. The highest BCUT2D eigenvalue weighted by Crippen LogP contribution is 2.59. The van der Waals surface area contributed by atoms with Crippen LogP contribution in [-0.2, 0) is 9.09 Å². The van der Waals surface area contributed by atoms with Crippen molar-refractivity contribution in [1.82, 2.24) is 0 Å². The normalized spacial score (nSPS) is 17.9. The van der Waals surface area contributed by atoms with E-state index in [0.29, 0.717) is 11.9 Å². The van der Waals surface area contributed by atoms with E-state index in [0.717, 1.165) is 0 Å². The maximum atomic E-state index is 10.4. The molecule has 0 aliphatic heterocycles. The van der Waals surface area contributed by atoms with Gasteiger partial charge in [0.1, 0.15) is 0 Å². The maximum Gasteiger partial charge on any atom is 0.353 e. The van der Waals surface area contributed by atoms with Crippen molar-refractivity contribution in [2.24, 2.45) is 0 Å². The summed E-state index contributed by atoms with van der Waals surface area (Å²) < 4.78 is 15.0. The van der Waals surface area contributed by atoms with Crippen molar-refractivity contribution in [3.63, 3.8) is 0 Å².